The Labute approximate surface area is 120 Å². The van der Waals surface area contributed by atoms with E-state index in [0.717, 1.165) is 18.6 Å². The molecule has 0 spiro atoms. The van der Waals surface area contributed by atoms with E-state index in [9.17, 15) is 18.0 Å². The fourth-order valence-electron chi connectivity index (χ4n) is 2.25. The topological polar surface area (TPSA) is 55.6 Å². The summed E-state index contributed by atoms with van der Waals surface area (Å²) >= 11 is 0. The van der Waals surface area contributed by atoms with Crippen molar-refractivity contribution in [1.29, 1.82) is 0 Å². The predicted octanol–water partition coefficient (Wildman–Crippen LogP) is 1.89. The second-order valence-corrected chi connectivity index (χ2v) is 5.04. The highest BCUT2D eigenvalue weighted by Crippen LogP contribution is 2.31. The zero-order valence-electron chi connectivity index (χ0n) is 11.4. The van der Waals surface area contributed by atoms with Gasteiger partial charge in [-0.05, 0) is 37.1 Å². The van der Waals surface area contributed by atoms with Crippen LogP contribution in [0.5, 0.6) is 5.75 Å². The van der Waals surface area contributed by atoms with Crippen LogP contribution < -0.4 is 10.5 Å². The second-order valence-electron chi connectivity index (χ2n) is 5.04. The maximum atomic E-state index is 12.6. The van der Waals surface area contributed by atoms with E-state index in [0.29, 0.717) is 25.6 Å². The molecule has 2 N–H and O–H groups in total. The van der Waals surface area contributed by atoms with E-state index >= 15 is 0 Å². The van der Waals surface area contributed by atoms with E-state index in [-0.39, 0.29) is 18.3 Å². The third-order valence-electron chi connectivity index (χ3n) is 3.50. The Morgan fingerprint density at radius 1 is 1.43 bits per heavy atom. The van der Waals surface area contributed by atoms with Crippen LogP contribution in [0.3, 0.4) is 0 Å². The molecule has 1 atom stereocenters. The van der Waals surface area contributed by atoms with Crippen molar-refractivity contribution >= 4 is 5.91 Å². The summed E-state index contributed by atoms with van der Waals surface area (Å²) in [6, 6.07) is 4.50. The van der Waals surface area contributed by atoms with Crippen molar-refractivity contribution in [2.45, 2.75) is 12.6 Å². The summed E-state index contributed by atoms with van der Waals surface area (Å²) in [5.41, 5.74) is 4.75. The Bertz CT molecular complexity index is 505. The number of hydrogen-bond donors (Lipinski definition) is 1. The van der Waals surface area contributed by atoms with Gasteiger partial charge in [0.15, 0.2) is 6.61 Å². The Hall–Kier alpha value is -1.76. The zero-order chi connectivity index (χ0) is 15.5. The van der Waals surface area contributed by atoms with Gasteiger partial charge in [0.05, 0.1) is 5.56 Å². The maximum absolute atomic E-state index is 12.6. The summed E-state index contributed by atoms with van der Waals surface area (Å²) in [6.07, 6.45) is -3.57. The first-order chi connectivity index (χ1) is 9.90. The van der Waals surface area contributed by atoms with Gasteiger partial charge in [0.1, 0.15) is 5.75 Å². The molecule has 1 aromatic rings. The van der Waals surface area contributed by atoms with E-state index in [1.54, 1.807) is 4.90 Å². The van der Waals surface area contributed by atoms with Crippen molar-refractivity contribution in [1.82, 2.24) is 4.90 Å². The molecule has 1 heterocycles. The fraction of sp³-hybridized carbons (Fsp3) is 0.500. The molecule has 1 aromatic carbocycles. The normalized spacial score (nSPS) is 18.9. The average Bonchev–Trinajstić information content (AvgIpc) is 2.93. The van der Waals surface area contributed by atoms with Gasteiger partial charge >= 0.3 is 6.18 Å². The minimum atomic E-state index is -4.42. The number of carbonyl (C=O) groups is 1. The van der Waals surface area contributed by atoms with Gasteiger partial charge in [-0.25, -0.2) is 0 Å². The van der Waals surface area contributed by atoms with Gasteiger partial charge in [0.25, 0.3) is 5.91 Å². The molecular formula is C14H17F3N2O2. The zero-order valence-corrected chi connectivity index (χ0v) is 11.4. The van der Waals surface area contributed by atoms with Crippen LogP contribution in [0.15, 0.2) is 24.3 Å². The highest BCUT2D eigenvalue weighted by molar-refractivity contribution is 5.78. The average molecular weight is 302 g/mol. The monoisotopic (exact) mass is 302 g/mol. The first kappa shape index (κ1) is 15.6. The minimum absolute atomic E-state index is 0.0350. The van der Waals surface area contributed by atoms with Crippen LogP contribution in [-0.2, 0) is 11.0 Å². The lowest BCUT2D eigenvalue weighted by molar-refractivity contribution is -0.137. The molecule has 0 aliphatic carbocycles. The van der Waals surface area contributed by atoms with E-state index < -0.39 is 11.7 Å². The first-order valence-electron chi connectivity index (χ1n) is 6.68. The molecule has 0 bridgehead atoms. The maximum Gasteiger partial charge on any atom is 0.416 e. The lowest BCUT2D eigenvalue weighted by atomic mass is 10.1. The van der Waals surface area contributed by atoms with Crippen molar-refractivity contribution < 1.29 is 22.7 Å². The number of carbonyl (C=O) groups excluding carboxylic acids is 1. The Morgan fingerprint density at radius 3 is 2.81 bits per heavy atom. The lowest BCUT2D eigenvalue weighted by Crippen LogP contribution is -2.33. The fourth-order valence-corrected chi connectivity index (χ4v) is 2.25. The van der Waals surface area contributed by atoms with E-state index in [4.69, 9.17) is 10.5 Å². The van der Waals surface area contributed by atoms with Gasteiger partial charge in [-0.1, -0.05) is 6.07 Å². The van der Waals surface area contributed by atoms with Crippen molar-refractivity contribution in [3.8, 4) is 5.75 Å². The van der Waals surface area contributed by atoms with Crippen molar-refractivity contribution in [3.05, 3.63) is 29.8 Å². The molecule has 1 amide bonds. The van der Waals surface area contributed by atoms with Crippen molar-refractivity contribution in [3.63, 3.8) is 0 Å². The van der Waals surface area contributed by atoms with E-state index in [2.05, 4.69) is 0 Å². The third-order valence-corrected chi connectivity index (χ3v) is 3.50. The number of alkyl halides is 3. The van der Waals surface area contributed by atoms with Gasteiger partial charge in [0, 0.05) is 13.1 Å². The predicted molar refractivity (Wildman–Crippen MR) is 70.7 cm³/mol. The molecule has 7 heteroatoms. The number of rotatable bonds is 4. The highest BCUT2D eigenvalue weighted by atomic mass is 19.4. The number of nitrogens with zero attached hydrogens (tertiary/aromatic N) is 1. The van der Waals surface area contributed by atoms with E-state index in [1.807, 2.05) is 0 Å². The van der Waals surface area contributed by atoms with Crippen molar-refractivity contribution in [2.75, 3.05) is 26.2 Å². The molecule has 1 fully saturated rings. The molecule has 116 valence electrons. The van der Waals surface area contributed by atoms with E-state index in [1.165, 1.54) is 12.1 Å². The minimum Gasteiger partial charge on any atom is -0.484 e. The summed E-state index contributed by atoms with van der Waals surface area (Å²) in [6.45, 7) is 1.46. The molecule has 21 heavy (non-hydrogen) atoms. The number of amides is 1. The quantitative estimate of drug-likeness (QED) is 0.924. The third kappa shape index (κ3) is 4.10. The molecule has 0 saturated carbocycles. The molecular weight excluding hydrogens is 285 g/mol. The highest BCUT2D eigenvalue weighted by Gasteiger charge is 2.31. The molecule has 2 rings (SSSR count). The Morgan fingerprint density at radius 2 is 2.19 bits per heavy atom. The van der Waals surface area contributed by atoms with Crippen LogP contribution in [0.2, 0.25) is 0 Å². The summed E-state index contributed by atoms with van der Waals surface area (Å²) in [5.74, 6) is 0.0959. The van der Waals surface area contributed by atoms with Crippen molar-refractivity contribution in [2.24, 2.45) is 11.7 Å². The molecule has 0 unspecified atom stereocenters. The van der Waals surface area contributed by atoms with Crippen LogP contribution in [0, 0.1) is 5.92 Å². The molecule has 1 aliphatic rings. The number of hydrogen-bond acceptors (Lipinski definition) is 3. The van der Waals surface area contributed by atoms with Gasteiger partial charge in [-0.3, -0.25) is 4.79 Å². The smallest absolute Gasteiger partial charge is 0.416 e. The number of benzene rings is 1. The van der Waals surface area contributed by atoms with Crippen LogP contribution in [0.25, 0.3) is 0 Å². The Balaban J connectivity index is 1.90. The van der Waals surface area contributed by atoms with Crippen LogP contribution in [0.1, 0.15) is 12.0 Å². The first-order valence-corrected chi connectivity index (χ1v) is 6.68. The number of likely N-dealkylation sites (tertiary alicyclic amines) is 1. The van der Waals surface area contributed by atoms with Gasteiger partial charge in [-0.2, -0.15) is 13.2 Å². The Kier molecular flexibility index (Phi) is 4.72. The molecule has 1 aliphatic heterocycles. The molecule has 0 aromatic heterocycles. The van der Waals surface area contributed by atoms with Gasteiger partial charge in [-0.15, -0.1) is 0 Å². The largest absolute Gasteiger partial charge is 0.484 e. The van der Waals surface area contributed by atoms with Gasteiger partial charge in [0.2, 0.25) is 0 Å². The van der Waals surface area contributed by atoms with Crippen LogP contribution >= 0.6 is 0 Å². The van der Waals surface area contributed by atoms with Crippen LogP contribution in [-0.4, -0.2) is 37.0 Å². The molecule has 1 saturated heterocycles. The number of ether oxygens (including phenoxy) is 1. The summed E-state index contributed by atoms with van der Waals surface area (Å²) < 4.78 is 42.8. The van der Waals surface area contributed by atoms with Crippen LogP contribution in [0.4, 0.5) is 13.2 Å². The number of halogens is 3. The molecule has 4 nitrogen and oxygen atoms in total. The van der Waals surface area contributed by atoms with Gasteiger partial charge < -0.3 is 15.4 Å². The lowest BCUT2D eigenvalue weighted by Gasteiger charge is -2.17. The molecule has 0 radical (unpaired) electrons. The summed E-state index contributed by atoms with van der Waals surface area (Å²) in [4.78, 5) is 13.5. The summed E-state index contributed by atoms with van der Waals surface area (Å²) in [7, 11) is 0. The number of nitrogens with two attached hydrogens (primary N) is 1. The second kappa shape index (κ2) is 6.34. The SMILES string of the molecule is NC[C@@H]1CCN(C(=O)COc2cccc(C(F)(F)F)c2)C1. The standard InChI is InChI=1S/C14H17F3N2O2/c15-14(16,17)11-2-1-3-12(6-11)21-9-13(20)19-5-4-10(7-18)8-19/h1-3,6,10H,4-5,7-9,18H2/t10-/m0/s1. The summed E-state index contributed by atoms with van der Waals surface area (Å²) in [5, 5.41) is 0.